The minimum Gasteiger partial charge on any atom is -0.369 e. The number of rotatable bonds is 2. The first-order valence-corrected chi connectivity index (χ1v) is 4.16. The van der Waals surface area contributed by atoms with Crippen LogP contribution in [0.4, 0.5) is 0 Å². The minimum absolute atomic E-state index is 0.104. The van der Waals surface area contributed by atoms with E-state index < -0.39 is 0 Å². The molecule has 62 valence electrons. The Morgan fingerprint density at radius 2 is 1.82 bits per heavy atom. The van der Waals surface area contributed by atoms with Crippen molar-refractivity contribution in [2.45, 2.75) is 26.2 Å². The Labute approximate surface area is 67.9 Å². The van der Waals surface area contributed by atoms with Gasteiger partial charge < -0.3 is 4.90 Å². The quantitative estimate of drug-likeness (QED) is 0.561. The second-order valence-electron chi connectivity index (χ2n) is 3.05. The lowest BCUT2D eigenvalue weighted by molar-refractivity contribution is -0.115. The van der Waals surface area contributed by atoms with Gasteiger partial charge in [0.05, 0.1) is 5.70 Å². The van der Waals surface area contributed by atoms with Gasteiger partial charge in [-0.2, -0.15) is 0 Å². The van der Waals surface area contributed by atoms with Gasteiger partial charge >= 0.3 is 0 Å². The van der Waals surface area contributed by atoms with Gasteiger partial charge in [0, 0.05) is 20.0 Å². The van der Waals surface area contributed by atoms with Crippen molar-refractivity contribution in [2.75, 3.05) is 13.1 Å². The fraction of sp³-hybridized carbons (Fsp3) is 0.667. The topological polar surface area (TPSA) is 20.3 Å². The third kappa shape index (κ3) is 2.07. The molecule has 1 saturated heterocycles. The van der Waals surface area contributed by atoms with Gasteiger partial charge in [-0.3, -0.25) is 4.79 Å². The Morgan fingerprint density at radius 3 is 2.27 bits per heavy atom. The number of nitrogens with zero attached hydrogens (tertiary/aromatic N) is 1. The number of likely N-dealkylation sites (tertiary alicyclic amines) is 1. The molecule has 2 heteroatoms. The first kappa shape index (κ1) is 8.31. The van der Waals surface area contributed by atoms with Crippen LogP contribution in [-0.2, 0) is 4.79 Å². The summed E-state index contributed by atoms with van der Waals surface area (Å²) in [5, 5.41) is 0. The molecule has 0 radical (unpaired) electrons. The standard InChI is InChI=1S/C9H15NO/c1-8(9(2)11)10-6-4-3-5-7-10/h1,3-7H2,2H3. The lowest BCUT2D eigenvalue weighted by Crippen LogP contribution is -2.31. The summed E-state index contributed by atoms with van der Waals surface area (Å²) < 4.78 is 0. The number of carbonyl (C=O) groups excluding carboxylic acids is 1. The molecule has 1 fully saturated rings. The van der Waals surface area contributed by atoms with E-state index in [0.29, 0.717) is 5.70 Å². The number of hydrogen-bond acceptors (Lipinski definition) is 2. The third-order valence-electron chi connectivity index (χ3n) is 2.14. The molecular formula is C9H15NO. The van der Waals surface area contributed by atoms with Crippen molar-refractivity contribution in [3.8, 4) is 0 Å². The molecule has 1 heterocycles. The second-order valence-corrected chi connectivity index (χ2v) is 3.05. The molecular weight excluding hydrogens is 138 g/mol. The Balaban J connectivity index is 2.45. The van der Waals surface area contributed by atoms with Gasteiger partial charge in [-0.25, -0.2) is 0 Å². The first-order valence-electron chi connectivity index (χ1n) is 4.16. The van der Waals surface area contributed by atoms with Gasteiger partial charge in [-0.1, -0.05) is 6.58 Å². The van der Waals surface area contributed by atoms with Crippen molar-refractivity contribution in [3.05, 3.63) is 12.3 Å². The van der Waals surface area contributed by atoms with Gasteiger partial charge in [0.1, 0.15) is 0 Å². The van der Waals surface area contributed by atoms with Crippen LogP contribution in [0, 0.1) is 0 Å². The molecule has 1 aliphatic rings. The van der Waals surface area contributed by atoms with Crippen LogP contribution in [0.25, 0.3) is 0 Å². The molecule has 0 N–H and O–H groups in total. The SMILES string of the molecule is C=C(C(C)=O)N1CCCCC1. The van der Waals surface area contributed by atoms with E-state index in [0.717, 1.165) is 13.1 Å². The maximum absolute atomic E-state index is 10.9. The number of ketones is 1. The van der Waals surface area contributed by atoms with Crippen molar-refractivity contribution in [1.29, 1.82) is 0 Å². The van der Waals surface area contributed by atoms with Crippen LogP contribution in [0.3, 0.4) is 0 Å². The zero-order chi connectivity index (χ0) is 8.27. The molecule has 0 unspecified atom stereocenters. The van der Waals surface area contributed by atoms with Gasteiger partial charge in [0.15, 0.2) is 5.78 Å². The Bertz CT molecular complexity index is 168. The molecule has 0 bridgehead atoms. The summed E-state index contributed by atoms with van der Waals surface area (Å²) in [5.74, 6) is 0.104. The summed E-state index contributed by atoms with van der Waals surface area (Å²) in [7, 11) is 0. The summed E-state index contributed by atoms with van der Waals surface area (Å²) in [6, 6.07) is 0. The van der Waals surface area contributed by atoms with Gasteiger partial charge in [-0.05, 0) is 19.3 Å². The second kappa shape index (κ2) is 3.56. The molecule has 0 aliphatic carbocycles. The van der Waals surface area contributed by atoms with Crippen LogP contribution >= 0.6 is 0 Å². The smallest absolute Gasteiger partial charge is 0.175 e. The van der Waals surface area contributed by atoms with Crippen molar-refractivity contribution in [3.63, 3.8) is 0 Å². The molecule has 0 amide bonds. The van der Waals surface area contributed by atoms with E-state index in [2.05, 4.69) is 11.5 Å². The number of carbonyl (C=O) groups is 1. The Morgan fingerprint density at radius 1 is 1.27 bits per heavy atom. The van der Waals surface area contributed by atoms with Crippen LogP contribution in [0.1, 0.15) is 26.2 Å². The average Bonchev–Trinajstić information content (AvgIpc) is 2.05. The largest absolute Gasteiger partial charge is 0.369 e. The highest BCUT2D eigenvalue weighted by Gasteiger charge is 2.13. The van der Waals surface area contributed by atoms with Crippen LogP contribution in [0.2, 0.25) is 0 Å². The predicted octanol–water partition coefficient (Wildman–Crippen LogP) is 1.57. The maximum Gasteiger partial charge on any atom is 0.175 e. The maximum atomic E-state index is 10.9. The van der Waals surface area contributed by atoms with E-state index in [4.69, 9.17) is 0 Å². The average molecular weight is 153 g/mol. The predicted molar refractivity (Wildman–Crippen MR) is 45.2 cm³/mol. The number of Topliss-reactive ketones (excluding diaryl/α,β-unsaturated/α-hetero) is 1. The molecule has 1 rings (SSSR count). The summed E-state index contributed by atoms with van der Waals surface area (Å²) in [5.41, 5.74) is 0.685. The lowest BCUT2D eigenvalue weighted by Gasteiger charge is -2.28. The van der Waals surface area contributed by atoms with E-state index >= 15 is 0 Å². The van der Waals surface area contributed by atoms with E-state index in [-0.39, 0.29) is 5.78 Å². The molecule has 1 aliphatic heterocycles. The highest BCUT2D eigenvalue weighted by Crippen LogP contribution is 2.13. The summed E-state index contributed by atoms with van der Waals surface area (Å²) in [6.45, 7) is 7.36. The lowest BCUT2D eigenvalue weighted by atomic mass is 10.1. The zero-order valence-electron chi connectivity index (χ0n) is 7.10. The minimum atomic E-state index is 0.104. The van der Waals surface area contributed by atoms with Crippen LogP contribution in [-0.4, -0.2) is 23.8 Å². The zero-order valence-corrected chi connectivity index (χ0v) is 7.10. The van der Waals surface area contributed by atoms with Crippen LogP contribution in [0.15, 0.2) is 12.3 Å². The molecule has 0 aromatic heterocycles. The van der Waals surface area contributed by atoms with Gasteiger partial charge in [0.2, 0.25) is 0 Å². The fourth-order valence-electron chi connectivity index (χ4n) is 1.39. The number of allylic oxidation sites excluding steroid dienone is 1. The fourth-order valence-corrected chi connectivity index (χ4v) is 1.39. The molecule has 11 heavy (non-hydrogen) atoms. The highest BCUT2D eigenvalue weighted by molar-refractivity contribution is 5.91. The van der Waals surface area contributed by atoms with Crippen LogP contribution < -0.4 is 0 Å². The molecule has 2 nitrogen and oxygen atoms in total. The Hall–Kier alpha value is -0.790. The van der Waals surface area contributed by atoms with Crippen LogP contribution in [0.5, 0.6) is 0 Å². The van der Waals surface area contributed by atoms with E-state index in [1.54, 1.807) is 6.92 Å². The van der Waals surface area contributed by atoms with Crippen molar-refractivity contribution >= 4 is 5.78 Å². The number of piperidine rings is 1. The molecule has 0 aromatic rings. The first-order chi connectivity index (χ1) is 5.22. The van der Waals surface area contributed by atoms with Crippen molar-refractivity contribution in [1.82, 2.24) is 4.90 Å². The molecule has 0 aromatic carbocycles. The molecule has 0 atom stereocenters. The van der Waals surface area contributed by atoms with Crippen molar-refractivity contribution in [2.24, 2.45) is 0 Å². The van der Waals surface area contributed by atoms with Gasteiger partial charge in [-0.15, -0.1) is 0 Å². The summed E-state index contributed by atoms with van der Waals surface area (Å²) in [4.78, 5) is 13.0. The Kier molecular flexibility index (Phi) is 2.69. The number of hydrogen-bond donors (Lipinski definition) is 0. The summed E-state index contributed by atoms with van der Waals surface area (Å²) >= 11 is 0. The van der Waals surface area contributed by atoms with E-state index in [1.165, 1.54) is 19.3 Å². The normalized spacial score (nSPS) is 18.1. The highest BCUT2D eigenvalue weighted by atomic mass is 16.1. The van der Waals surface area contributed by atoms with Crippen molar-refractivity contribution < 1.29 is 4.79 Å². The van der Waals surface area contributed by atoms with E-state index in [1.807, 2.05) is 0 Å². The summed E-state index contributed by atoms with van der Waals surface area (Å²) in [6.07, 6.45) is 3.69. The third-order valence-corrected chi connectivity index (χ3v) is 2.14. The molecule has 0 spiro atoms. The van der Waals surface area contributed by atoms with E-state index in [9.17, 15) is 4.79 Å². The molecule has 0 saturated carbocycles. The van der Waals surface area contributed by atoms with Gasteiger partial charge in [0.25, 0.3) is 0 Å². The monoisotopic (exact) mass is 153 g/mol.